The van der Waals surface area contributed by atoms with Gasteiger partial charge >= 0.3 is 0 Å². The second-order valence-corrected chi connectivity index (χ2v) is 3.27. The van der Waals surface area contributed by atoms with Crippen LogP contribution in [-0.4, -0.2) is 7.05 Å². The number of rotatable bonds is 2. The summed E-state index contributed by atoms with van der Waals surface area (Å²) in [4.78, 5) is 0. The van der Waals surface area contributed by atoms with Crippen molar-refractivity contribution in [2.75, 3.05) is 7.05 Å². The van der Waals surface area contributed by atoms with Crippen LogP contribution < -0.4 is 5.32 Å². The molecule has 1 aromatic rings. The number of benzene rings is 1. The highest BCUT2D eigenvalue weighted by Gasteiger charge is 2.03. The number of nitrogens with one attached hydrogen (secondary N) is 1. The van der Waals surface area contributed by atoms with Crippen molar-refractivity contribution in [3.05, 3.63) is 41.3 Å². The largest absolute Gasteiger partial charge is 0.313 e. The molecule has 0 amide bonds. The molecule has 1 unspecified atom stereocenters. The highest BCUT2D eigenvalue weighted by Crippen LogP contribution is 2.20. The minimum atomic E-state index is 0.350. The lowest BCUT2D eigenvalue weighted by Crippen LogP contribution is -2.12. The van der Waals surface area contributed by atoms with Crippen molar-refractivity contribution in [2.45, 2.75) is 13.0 Å². The van der Waals surface area contributed by atoms with Crippen molar-refractivity contribution in [1.82, 2.24) is 5.32 Å². The van der Waals surface area contributed by atoms with Gasteiger partial charge in [-0.05, 0) is 38.1 Å². The molecule has 0 bridgehead atoms. The molecule has 65 valence electrons. The molecular weight excluding hydrogens is 170 g/mol. The molecule has 0 aliphatic rings. The maximum absolute atomic E-state index is 5.85. The summed E-state index contributed by atoms with van der Waals surface area (Å²) >= 11 is 5.85. The van der Waals surface area contributed by atoms with E-state index in [1.165, 1.54) is 5.56 Å². The molecule has 1 N–H and O–H groups in total. The Morgan fingerprint density at radius 1 is 1.50 bits per heavy atom. The number of hydrogen-bond donors (Lipinski definition) is 1. The van der Waals surface area contributed by atoms with Crippen LogP contribution in [0.4, 0.5) is 0 Å². The molecule has 12 heavy (non-hydrogen) atoms. The van der Waals surface area contributed by atoms with Crippen LogP contribution in [0.1, 0.15) is 24.1 Å². The Morgan fingerprint density at radius 2 is 2.17 bits per heavy atom. The lowest BCUT2D eigenvalue weighted by Gasteiger charge is -2.11. The first kappa shape index (κ1) is 9.56. The average Bonchev–Trinajstić information content (AvgIpc) is 2.08. The van der Waals surface area contributed by atoms with Crippen molar-refractivity contribution in [2.24, 2.45) is 0 Å². The Kier molecular flexibility index (Phi) is 3.12. The molecule has 0 heterocycles. The van der Waals surface area contributed by atoms with E-state index in [-0.39, 0.29) is 0 Å². The zero-order valence-corrected chi connectivity index (χ0v) is 8.15. The van der Waals surface area contributed by atoms with E-state index < -0.39 is 0 Å². The second kappa shape index (κ2) is 3.92. The van der Waals surface area contributed by atoms with E-state index in [2.05, 4.69) is 19.2 Å². The van der Waals surface area contributed by atoms with Gasteiger partial charge < -0.3 is 5.32 Å². The maximum Gasteiger partial charge on any atom is 0.0438 e. The third kappa shape index (κ3) is 1.99. The molecule has 1 rings (SSSR count). The summed E-state index contributed by atoms with van der Waals surface area (Å²) in [5.41, 5.74) is 2.10. The summed E-state index contributed by atoms with van der Waals surface area (Å²) in [6, 6.07) is 6.25. The highest BCUT2D eigenvalue weighted by atomic mass is 35.5. The summed E-state index contributed by atoms with van der Waals surface area (Å²) in [5, 5.41) is 3.88. The molecule has 0 fully saturated rings. The van der Waals surface area contributed by atoms with Crippen LogP contribution in [0.3, 0.4) is 0 Å². The molecule has 1 nitrogen and oxygen atoms in total. The minimum absolute atomic E-state index is 0.350. The molecular formula is C10H13ClN. The van der Waals surface area contributed by atoms with Crippen LogP contribution in [0.5, 0.6) is 0 Å². The van der Waals surface area contributed by atoms with E-state index in [1.807, 2.05) is 25.2 Å². The molecule has 0 spiro atoms. The fourth-order valence-electron chi connectivity index (χ4n) is 1.03. The molecule has 0 aromatic heterocycles. The fourth-order valence-corrected chi connectivity index (χ4v) is 1.15. The van der Waals surface area contributed by atoms with E-state index in [0.29, 0.717) is 6.04 Å². The topological polar surface area (TPSA) is 12.0 Å². The van der Waals surface area contributed by atoms with Crippen molar-refractivity contribution in [3.63, 3.8) is 0 Å². The normalized spacial score (nSPS) is 13.0. The standard InChI is InChI=1S/C10H13ClN/c1-7-6-9(8(2)12-3)4-5-10(7)11/h4-6,8,12H,1H2,2-3H3. The van der Waals surface area contributed by atoms with Gasteiger partial charge in [-0.2, -0.15) is 0 Å². The first-order valence-electron chi connectivity index (χ1n) is 3.94. The van der Waals surface area contributed by atoms with Gasteiger partial charge in [-0.25, -0.2) is 0 Å². The molecule has 0 saturated heterocycles. The Labute approximate surface area is 78.7 Å². The summed E-state index contributed by atoms with van der Waals surface area (Å²) in [6.45, 7) is 5.94. The van der Waals surface area contributed by atoms with E-state index in [9.17, 15) is 0 Å². The Morgan fingerprint density at radius 3 is 2.67 bits per heavy atom. The number of hydrogen-bond acceptors (Lipinski definition) is 1. The van der Waals surface area contributed by atoms with Crippen LogP contribution in [0.25, 0.3) is 0 Å². The summed E-state index contributed by atoms with van der Waals surface area (Å²) in [7, 11) is 1.93. The van der Waals surface area contributed by atoms with E-state index in [0.717, 1.165) is 10.6 Å². The van der Waals surface area contributed by atoms with Crippen LogP contribution in [0.15, 0.2) is 18.2 Å². The van der Waals surface area contributed by atoms with Crippen LogP contribution in [-0.2, 0) is 0 Å². The van der Waals surface area contributed by atoms with Gasteiger partial charge in [0.25, 0.3) is 0 Å². The fraction of sp³-hybridized carbons (Fsp3) is 0.300. The van der Waals surface area contributed by atoms with Gasteiger partial charge in [0.1, 0.15) is 0 Å². The van der Waals surface area contributed by atoms with Crippen molar-refractivity contribution in [1.29, 1.82) is 0 Å². The summed E-state index contributed by atoms with van der Waals surface area (Å²) in [5.74, 6) is 0. The summed E-state index contributed by atoms with van der Waals surface area (Å²) in [6.07, 6.45) is 0. The Bertz CT molecular complexity index is 271. The van der Waals surface area contributed by atoms with Gasteiger partial charge in [0.2, 0.25) is 0 Å². The smallest absolute Gasteiger partial charge is 0.0438 e. The first-order valence-corrected chi connectivity index (χ1v) is 4.31. The molecule has 2 heteroatoms. The zero-order chi connectivity index (χ0) is 9.14. The van der Waals surface area contributed by atoms with Gasteiger partial charge in [-0.3, -0.25) is 0 Å². The minimum Gasteiger partial charge on any atom is -0.313 e. The second-order valence-electron chi connectivity index (χ2n) is 2.86. The number of halogens is 1. The zero-order valence-electron chi connectivity index (χ0n) is 7.39. The third-order valence-corrected chi connectivity index (χ3v) is 2.37. The SMILES string of the molecule is [CH2]c1cc(C(C)NC)ccc1Cl. The molecule has 1 radical (unpaired) electrons. The van der Waals surface area contributed by atoms with Crippen molar-refractivity contribution >= 4 is 11.6 Å². The quantitative estimate of drug-likeness (QED) is 0.742. The monoisotopic (exact) mass is 182 g/mol. The van der Waals surface area contributed by atoms with E-state index in [1.54, 1.807) is 0 Å². The lowest BCUT2D eigenvalue weighted by atomic mass is 10.1. The van der Waals surface area contributed by atoms with Gasteiger partial charge in [-0.1, -0.05) is 23.7 Å². The first-order chi connectivity index (χ1) is 5.65. The van der Waals surface area contributed by atoms with E-state index >= 15 is 0 Å². The lowest BCUT2D eigenvalue weighted by molar-refractivity contribution is 0.652. The maximum atomic E-state index is 5.85. The molecule has 1 aromatic carbocycles. The summed E-state index contributed by atoms with van der Waals surface area (Å²) < 4.78 is 0. The Balaban J connectivity index is 2.96. The average molecular weight is 183 g/mol. The predicted octanol–water partition coefficient (Wildman–Crippen LogP) is 2.80. The van der Waals surface area contributed by atoms with Crippen molar-refractivity contribution in [3.8, 4) is 0 Å². The predicted molar refractivity (Wildman–Crippen MR) is 53.4 cm³/mol. The Hall–Kier alpha value is -0.530. The van der Waals surface area contributed by atoms with Crippen LogP contribution in [0, 0.1) is 6.92 Å². The van der Waals surface area contributed by atoms with Gasteiger partial charge in [0, 0.05) is 11.1 Å². The highest BCUT2D eigenvalue weighted by molar-refractivity contribution is 6.31. The molecule has 0 saturated carbocycles. The molecule has 0 aliphatic carbocycles. The van der Waals surface area contributed by atoms with Crippen LogP contribution in [0.2, 0.25) is 5.02 Å². The van der Waals surface area contributed by atoms with Crippen molar-refractivity contribution < 1.29 is 0 Å². The van der Waals surface area contributed by atoms with Gasteiger partial charge in [0.05, 0.1) is 0 Å². The van der Waals surface area contributed by atoms with Gasteiger partial charge in [-0.15, -0.1) is 0 Å². The molecule has 0 aliphatic heterocycles. The third-order valence-electron chi connectivity index (χ3n) is 2.00. The van der Waals surface area contributed by atoms with Gasteiger partial charge in [0.15, 0.2) is 0 Å². The van der Waals surface area contributed by atoms with Crippen LogP contribution >= 0.6 is 11.6 Å². The molecule has 1 atom stereocenters. The van der Waals surface area contributed by atoms with E-state index in [4.69, 9.17) is 11.6 Å².